The van der Waals surface area contributed by atoms with Gasteiger partial charge in [0.1, 0.15) is 0 Å². The molecule has 6 aliphatic carbocycles. The molecule has 6 rings (SSSR count). The van der Waals surface area contributed by atoms with Gasteiger partial charge in [-0.1, -0.05) is 82.8 Å². The zero-order valence-electron chi connectivity index (χ0n) is 29.0. The maximum Gasteiger partial charge on any atom is 0.309 e. The first kappa shape index (κ1) is 32.1. The van der Waals surface area contributed by atoms with Crippen molar-refractivity contribution in [2.75, 3.05) is 0 Å². The molecule has 0 aromatic heterocycles. The van der Waals surface area contributed by atoms with E-state index >= 15 is 0 Å². The Morgan fingerprint density at radius 3 is 2.05 bits per heavy atom. The minimum absolute atomic E-state index is 0.0168. The standard InChI is InChI=1S/C40H60O4/c1-23(2)25-11-13-31-29(19-25)27(21-33-37(31,5)15-9-17-39(33,7)35(41)42)28-22-34-38(6,16-10-18-40(34,8)36(43)44)32-14-12-26(24(3)4)20-30(28)32/h19,23-24,26,28,31,33-34H,9-18,20-22H2,1-8H3,(H,41,42)(H,43,44). The average molecular weight is 605 g/mol. The fourth-order valence-corrected chi connectivity index (χ4v) is 12.3. The maximum absolute atomic E-state index is 13.1. The molecular formula is C40H60O4. The molecule has 0 amide bonds. The van der Waals surface area contributed by atoms with Crippen molar-refractivity contribution in [2.24, 2.45) is 63.1 Å². The van der Waals surface area contributed by atoms with E-state index < -0.39 is 22.8 Å². The van der Waals surface area contributed by atoms with Crippen LogP contribution in [0.4, 0.5) is 0 Å². The third kappa shape index (κ3) is 4.56. The molecule has 2 N–H and O–H groups in total. The van der Waals surface area contributed by atoms with Crippen LogP contribution in [-0.4, -0.2) is 22.2 Å². The molecule has 9 atom stereocenters. The minimum Gasteiger partial charge on any atom is -0.481 e. The molecule has 6 aliphatic rings. The summed E-state index contributed by atoms with van der Waals surface area (Å²) in [5, 5.41) is 21.5. The average Bonchev–Trinajstić information content (AvgIpc) is 2.96. The van der Waals surface area contributed by atoms with Gasteiger partial charge in [0.25, 0.3) is 0 Å². The van der Waals surface area contributed by atoms with Crippen molar-refractivity contribution in [1.29, 1.82) is 0 Å². The second-order valence-corrected chi connectivity index (χ2v) is 17.9. The summed E-state index contributed by atoms with van der Waals surface area (Å²) in [6.07, 6.45) is 15.7. The number of carboxylic acids is 2. The van der Waals surface area contributed by atoms with Crippen molar-refractivity contribution in [2.45, 2.75) is 139 Å². The Hall–Kier alpha value is -1.84. The number of aliphatic carboxylic acids is 2. The van der Waals surface area contributed by atoms with Crippen LogP contribution in [0.2, 0.25) is 0 Å². The predicted molar refractivity (Wildman–Crippen MR) is 177 cm³/mol. The second-order valence-electron chi connectivity index (χ2n) is 17.9. The number of fused-ring (bicyclic) bond motifs is 5. The second kappa shape index (κ2) is 10.9. The van der Waals surface area contributed by atoms with Crippen LogP contribution in [0, 0.1) is 63.1 Å². The van der Waals surface area contributed by atoms with Gasteiger partial charge >= 0.3 is 11.9 Å². The fraction of sp³-hybridized carbons (Fsp3) is 0.800. The molecule has 9 unspecified atom stereocenters. The lowest BCUT2D eigenvalue weighted by Gasteiger charge is -2.61. The highest BCUT2D eigenvalue weighted by molar-refractivity contribution is 5.76. The van der Waals surface area contributed by atoms with Gasteiger partial charge in [-0.15, -0.1) is 0 Å². The summed E-state index contributed by atoms with van der Waals surface area (Å²) < 4.78 is 0. The first-order chi connectivity index (χ1) is 20.6. The maximum atomic E-state index is 13.1. The van der Waals surface area contributed by atoms with E-state index in [1.54, 1.807) is 16.7 Å². The van der Waals surface area contributed by atoms with Gasteiger partial charge in [-0.3, -0.25) is 9.59 Å². The van der Waals surface area contributed by atoms with Crippen molar-refractivity contribution in [1.82, 2.24) is 0 Å². The normalized spacial score (nSPS) is 44.0. The molecule has 0 heterocycles. The summed E-state index contributed by atoms with van der Waals surface area (Å²) in [7, 11) is 0. The zero-order chi connectivity index (χ0) is 32.0. The van der Waals surface area contributed by atoms with Gasteiger partial charge in [-0.05, 0) is 136 Å². The number of hydrogen-bond acceptors (Lipinski definition) is 2. The van der Waals surface area contributed by atoms with Gasteiger partial charge in [0, 0.05) is 5.92 Å². The summed E-state index contributed by atoms with van der Waals surface area (Å²) in [4.78, 5) is 26.2. The van der Waals surface area contributed by atoms with Crippen LogP contribution in [0.5, 0.6) is 0 Å². The van der Waals surface area contributed by atoms with Crippen molar-refractivity contribution < 1.29 is 19.8 Å². The summed E-state index contributed by atoms with van der Waals surface area (Å²) in [5.41, 5.74) is 6.32. The molecule has 0 aliphatic heterocycles. The van der Waals surface area contributed by atoms with Gasteiger partial charge in [0.2, 0.25) is 0 Å². The fourth-order valence-electron chi connectivity index (χ4n) is 12.3. The quantitative estimate of drug-likeness (QED) is 0.306. The molecule has 0 aromatic rings. The summed E-state index contributed by atoms with van der Waals surface area (Å²) in [6.45, 7) is 18.4. The molecule has 0 radical (unpaired) electrons. The minimum atomic E-state index is -0.724. The molecule has 0 saturated heterocycles. The summed E-state index contributed by atoms with van der Waals surface area (Å²) in [5.74, 6) is 1.39. The van der Waals surface area contributed by atoms with Crippen LogP contribution in [0.3, 0.4) is 0 Å². The molecule has 4 heteroatoms. The van der Waals surface area contributed by atoms with E-state index in [-0.39, 0.29) is 28.6 Å². The summed E-state index contributed by atoms with van der Waals surface area (Å²) >= 11 is 0. The molecule has 0 spiro atoms. The highest BCUT2D eigenvalue weighted by Crippen LogP contribution is 2.69. The van der Waals surface area contributed by atoms with Gasteiger partial charge in [-0.25, -0.2) is 0 Å². The topological polar surface area (TPSA) is 74.6 Å². The molecule has 0 bridgehead atoms. The van der Waals surface area contributed by atoms with Gasteiger partial charge in [-0.2, -0.15) is 0 Å². The van der Waals surface area contributed by atoms with Crippen molar-refractivity contribution in [3.63, 3.8) is 0 Å². The Morgan fingerprint density at radius 1 is 0.795 bits per heavy atom. The van der Waals surface area contributed by atoms with E-state index in [1.165, 1.54) is 17.6 Å². The van der Waals surface area contributed by atoms with E-state index in [2.05, 4.69) is 61.5 Å². The SMILES string of the molecule is CC(C)C1=CC2=C(C3CC4C(C)(C(=O)O)CCCC4(C)C4=C3CC(C(C)C)CC4)CC3C(C)(C(=O)O)CCCC3(C)C2CC1. The van der Waals surface area contributed by atoms with Gasteiger partial charge in [0.05, 0.1) is 10.8 Å². The lowest BCUT2D eigenvalue weighted by molar-refractivity contribution is -0.163. The largest absolute Gasteiger partial charge is 0.481 e. The molecule has 44 heavy (non-hydrogen) atoms. The zero-order valence-corrected chi connectivity index (χ0v) is 29.0. The molecule has 244 valence electrons. The lowest BCUT2D eigenvalue weighted by Crippen LogP contribution is -2.55. The number of hydrogen-bond donors (Lipinski definition) is 2. The van der Waals surface area contributed by atoms with Gasteiger partial charge < -0.3 is 10.2 Å². The Balaban J connectivity index is 1.59. The number of allylic oxidation sites excluding steroid dienone is 6. The molecule has 2 saturated carbocycles. The monoisotopic (exact) mass is 604 g/mol. The first-order valence-electron chi connectivity index (χ1n) is 18.2. The Bertz CT molecular complexity index is 1310. The van der Waals surface area contributed by atoms with Crippen LogP contribution >= 0.6 is 0 Å². The van der Waals surface area contributed by atoms with Crippen LogP contribution in [0.1, 0.15) is 139 Å². The summed E-state index contributed by atoms with van der Waals surface area (Å²) in [6, 6.07) is 0. The highest BCUT2D eigenvalue weighted by atomic mass is 16.4. The van der Waals surface area contributed by atoms with Crippen molar-refractivity contribution >= 4 is 11.9 Å². The van der Waals surface area contributed by atoms with E-state index in [0.29, 0.717) is 23.7 Å². The van der Waals surface area contributed by atoms with Crippen LogP contribution in [0.15, 0.2) is 33.9 Å². The number of carbonyl (C=O) groups is 2. The van der Waals surface area contributed by atoms with Crippen LogP contribution in [-0.2, 0) is 9.59 Å². The molecule has 0 aromatic carbocycles. The van der Waals surface area contributed by atoms with E-state index in [4.69, 9.17) is 0 Å². The number of carboxylic acid groups (broad SMARTS) is 2. The Kier molecular flexibility index (Phi) is 7.93. The highest BCUT2D eigenvalue weighted by Gasteiger charge is 2.62. The van der Waals surface area contributed by atoms with Gasteiger partial charge in [0.15, 0.2) is 0 Å². The first-order valence-corrected chi connectivity index (χ1v) is 18.2. The smallest absolute Gasteiger partial charge is 0.309 e. The Labute approximate surface area is 267 Å². The third-order valence-electron chi connectivity index (χ3n) is 15.2. The van der Waals surface area contributed by atoms with E-state index in [1.807, 2.05) is 0 Å². The molecule has 4 nitrogen and oxygen atoms in total. The lowest BCUT2D eigenvalue weighted by atomic mass is 9.42. The van der Waals surface area contributed by atoms with E-state index in [0.717, 1.165) is 77.0 Å². The Morgan fingerprint density at radius 2 is 1.43 bits per heavy atom. The van der Waals surface area contributed by atoms with E-state index in [9.17, 15) is 19.8 Å². The number of rotatable bonds is 5. The molecular weight excluding hydrogens is 544 g/mol. The van der Waals surface area contributed by atoms with Crippen LogP contribution in [0.25, 0.3) is 0 Å². The van der Waals surface area contributed by atoms with Crippen LogP contribution < -0.4 is 0 Å². The predicted octanol–water partition coefficient (Wildman–Crippen LogP) is 10.2. The molecule has 2 fully saturated rings. The third-order valence-corrected chi connectivity index (χ3v) is 15.2. The van der Waals surface area contributed by atoms with Crippen molar-refractivity contribution in [3.8, 4) is 0 Å². The van der Waals surface area contributed by atoms with Crippen molar-refractivity contribution in [3.05, 3.63) is 33.9 Å².